The highest BCUT2D eigenvalue weighted by molar-refractivity contribution is 5.73. The van der Waals surface area contributed by atoms with Crippen molar-refractivity contribution in [1.29, 1.82) is 0 Å². The van der Waals surface area contributed by atoms with Crippen LogP contribution >= 0.6 is 0 Å². The van der Waals surface area contributed by atoms with Crippen molar-refractivity contribution in [1.82, 2.24) is 10.6 Å². The summed E-state index contributed by atoms with van der Waals surface area (Å²) in [5.41, 5.74) is 0. The highest BCUT2D eigenvalue weighted by Gasteiger charge is 2.59. The first-order valence-electron chi connectivity index (χ1n) is 23.4. The van der Waals surface area contributed by atoms with Gasteiger partial charge in [0.05, 0.1) is 39.1 Å². The summed E-state index contributed by atoms with van der Waals surface area (Å²) in [6.45, 7) is -1.52. The quantitative estimate of drug-likeness (QED) is 0.0606. The van der Waals surface area contributed by atoms with E-state index in [1.807, 2.05) is 0 Å². The summed E-state index contributed by atoms with van der Waals surface area (Å²) in [5.74, 6) is -1.68. The van der Waals surface area contributed by atoms with Gasteiger partial charge in [-0.3, -0.25) is 9.59 Å². The van der Waals surface area contributed by atoms with E-state index >= 15 is 0 Å². The van der Waals surface area contributed by atoms with Gasteiger partial charge in [-0.05, 0) is 6.92 Å². The second kappa shape index (κ2) is 26.0. The monoisotopic (exact) mass is 1070 g/mol. The number of aliphatic hydroxyl groups excluding tert-OH is 16. The molecule has 6 aliphatic rings. The number of rotatable bonds is 18. The second-order valence-electron chi connectivity index (χ2n) is 18.4. The van der Waals surface area contributed by atoms with Crippen LogP contribution in [0.2, 0.25) is 0 Å². The molecule has 73 heavy (non-hydrogen) atoms. The van der Waals surface area contributed by atoms with E-state index in [1.54, 1.807) is 0 Å². The Balaban J connectivity index is 1.37. The van der Waals surface area contributed by atoms with Crippen molar-refractivity contribution < 1.29 is 148 Å². The summed E-state index contributed by atoms with van der Waals surface area (Å²) in [6, 6.07) is -3.52. The van der Waals surface area contributed by atoms with Gasteiger partial charge in [-0.15, -0.1) is 0 Å². The van der Waals surface area contributed by atoms with Gasteiger partial charge in [0.1, 0.15) is 140 Å². The third-order valence-electron chi connectivity index (χ3n) is 13.4. The average molecular weight is 1070 g/mol. The van der Waals surface area contributed by atoms with Gasteiger partial charge in [-0.25, -0.2) is 0 Å². The number of ether oxygens (including phenoxy) is 12. The van der Waals surface area contributed by atoms with Gasteiger partial charge in [0.15, 0.2) is 37.7 Å². The lowest BCUT2D eigenvalue weighted by Crippen LogP contribution is -2.71. The maximum absolute atomic E-state index is 13.0. The number of carbonyl (C=O) groups is 2. The molecule has 0 aromatic carbocycles. The zero-order valence-corrected chi connectivity index (χ0v) is 39.7. The van der Waals surface area contributed by atoms with Crippen LogP contribution in [0, 0.1) is 0 Å². The molecule has 2 amide bonds. The van der Waals surface area contributed by atoms with E-state index in [4.69, 9.17) is 56.8 Å². The number of nitrogens with one attached hydrogen (secondary N) is 2. The lowest BCUT2D eigenvalue weighted by Gasteiger charge is -2.52. The topological polar surface area (TPSA) is 493 Å². The average Bonchev–Trinajstić information content (AvgIpc) is 3.36. The molecule has 0 aromatic heterocycles. The fourth-order valence-corrected chi connectivity index (χ4v) is 9.41. The Kier molecular flexibility index (Phi) is 21.4. The van der Waals surface area contributed by atoms with Crippen molar-refractivity contribution in [3.8, 4) is 0 Å². The van der Waals surface area contributed by atoms with Crippen LogP contribution in [0.4, 0.5) is 0 Å². The van der Waals surface area contributed by atoms with E-state index in [2.05, 4.69) is 10.6 Å². The van der Waals surface area contributed by atoms with Crippen LogP contribution in [-0.4, -0.2) is 318 Å². The van der Waals surface area contributed by atoms with Gasteiger partial charge in [0, 0.05) is 21.0 Å². The molecule has 6 fully saturated rings. The molecule has 0 bridgehead atoms. The summed E-state index contributed by atoms with van der Waals surface area (Å²) in [4.78, 5) is 25.3. The molecule has 0 aliphatic carbocycles. The van der Waals surface area contributed by atoms with Gasteiger partial charge < -0.3 is 149 Å². The van der Waals surface area contributed by atoms with Crippen LogP contribution in [0.15, 0.2) is 0 Å². The first-order chi connectivity index (χ1) is 34.5. The van der Waals surface area contributed by atoms with Gasteiger partial charge in [-0.1, -0.05) is 0 Å². The van der Waals surface area contributed by atoms with Crippen molar-refractivity contribution in [2.75, 3.05) is 40.1 Å². The van der Waals surface area contributed by atoms with E-state index in [0.717, 1.165) is 21.0 Å². The van der Waals surface area contributed by atoms with Crippen LogP contribution in [0.25, 0.3) is 0 Å². The lowest BCUT2D eigenvalue weighted by molar-refractivity contribution is -0.401. The SMILES string of the molecule is CO[C@@H]1OC(CO)[C@H](O[C@@H]2OC(CO)[C@H](O)C(O[C@@H]3OC(CO)[C@@H](O)C(O[C@@H]4OC(CO)[C@H](O)C(O[C@H]5OC(CO)[C@H](O)C(O)C5NC(C)=O)C4O[C@@H]4OC(C)[C@@H](O)C(O)C4O)C3NC(C)=O)C2O)C(O)C1O. The summed E-state index contributed by atoms with van der Waals surface area (Å²) >= 11 is 0. The Morgan fingerprint density at radius 1 is 0.370 bits per heavy atom. The molecule has 32 nitrogen and oxygen atoms in total. The number of methoxy groups -OCH3 is 1. The predicted octanol–water partition coefficient (Wildman–Crippen LogP) is -12.1. The van der Waals surface area contributed by atoms with Crippen molar-refractivity contribution in [2.24, 2.45) is 0 Å². The number of amides is 2. The maximum atomic E-state index is 13.0. The van der Waals surface area contributed by atoms with Crippen molar-refractivity contribution in [3.05, 3.63) is 0 Å². The van der Waals surface area contributed by atoms with E-state index in [9.17, 15) is 91.3 Å². The first kappa shape index (κ1) is 60.1. The van der Waals surface area contributed by atoms with Gasteiger partial charge in [0.2, 0.25) is 11.8 Å². The highest BCUT2D eigenvalue weighted by atomic mass is 16.8. The number of aliphatic hydroxyl groups is 16. The normalized spacial score (nSPS) is 49.8. The molecule has 30 atom stereocenters. The van der Waals surface area contributed by atoms with Crippen LogP contribution in [0.1, 0.15) is 20.8 Å². The Hall–Kier alpha value is -2.18. The molecule has 0 aromatic rings. The third kappa shape index (κ3) is 12.9. The molecule has 6 rings (SSSR count). The molecule has 0 spiro atoms. The molecule has 6 heterocycles. The van der Waals surface area contributed by atoms with Gasteiger partial charge >= 0.3 is 0 Å². The lowest BCUT2D eigenvalue weighted by atomic mass is 9.93. The summed E-state index contributed by atoms with van der Waals surface area (Å²) in [7, 11) is 1.15. The van der Waals surface area contributed by atoms with Crippen molar-refractivity contribution in [3.63, 3.8) is 0 Å². The van der Waals surface area contributed by atoms with Crippen molar-refractivity contribution in [2.45, 2.75) is 205 Å². The predicted molar refractivity (Wildman–Crippen MR) is 226 cm³/mol. The minimum atomic E-state index is -2.16. The number of carbonyl (C=O) groups excluding carboxylic acids is 2. The van der Waals surface area contributed by atoms with Crippen molar-refractivity contribution >= 4 is 11.8 Å². The minimum absolute atomic E-state index is 0.789. The molecule has 0 radical (unpaired) electrons. The molecule has 0 saturated carbocycles. The minimum Gasteiger partial charge on any atom is -0.394 e. The maximum Gasteiger partial charge on any atom is 0.217 e. The van der Waals surface area contributed by atoms with Crippen LogP contribution < -0.4 is 10.6 Å². The van der Waals surface area contributed by atoms with Gasteiger partial charge in [0.25, 0.3) is 0 Å². The van der Waals surface area contributed by atoms with E-state index in [1.165, 1.54) is 6.92 Å². The van der Waals surface area contributed by atoms with Crippen LogP contribution in [0.5, 0.6) is 0 Å². The summed E-state index contributed by atoms with van der Waals surface area (Å²) in [5, 5.41) is 178. The summed E-state index contributed by atoms with van der Waals surface area (Å²) in [6.07, 6.45) is -52.1. The first-order valence-corrected chi connectivity index (χ1v) is 23.4. The zero-order chi connectivity index (χ0) is 53.9. The molecule has 424 valence electrons. The standard InChI is InChI=1S/C41H70N2O30/c1-10-20(51)26(57)28(59)39(63-10)73-35-34(72-36-18(42-11(2)49)25(56)21(52)13(5-44)64-36)24(55)16(8-47)67-41(35)70-32-19(43-12(3)50)37(65-14(6-45)22(32)53)71-33-23(54)15(7-46)66-40(30(33)61)69-31-17(9-48)68-38(62-4)29(60)27(31)58/h10,13-41,44-48,51-61H,5-9H2,1-4H3,(H,42,49)(H,43,50)/t10?,13?,14?,15?,16?,17?,18?,19?,20-,21+,22-,23+,24+,25?,26?,27?,28?,29?,30?,31+,32?,33?,34?,35?,36-,37+,38-,39+,40+,41+/m1/s1. The fourth-order valence-electron chi connectivity index (χ4n) is 9.41. The van der Waals surface area contributed by atoms with E-state index < -0.39 is 229 Å². The largest absolute Gasteiger partial charge is 0.394 e. The Morgan fingerprint density at radius 3 is 1.32 bits per heavy atom. The fraction of sp³-hybridized carbons (Fsp3) is 0.951. The zero-order valence-electron chi connectivity index (χ0n) is 39.7. The molecule has 6 saturated heterocycles. The molecule has 18 unspecified atom stereocenters. The summed E-state index contributed by atoms with van der Waals surface area (Å²) < 4.78 is 69.8. The molecule has 32 heteroatoms. The Bertz CT molecular complexity index is 1750. The molecular formula is C41H70N2O30. The van der Waals surface area contributed by atoms with E-state index in [0.29, 0.717) is 0 Å². The Morgan fingerprint density at radius 2 is 0.767 bits per heavy atom. The molecule has 6 aliphatic heterocycles. The van der Waals surface area contributed by atoms with Crippen LogP contribution in [0.3, 0.4) is 0 Å². The molecule has 18 N–H and O–H groups in total. The smallest absolute Gasteiger partial charge is 0.217 e. The third-order valence-corrected chi connectivity index (χ3v) is 13.4. The number of hydrogen-bond acceptors (Lipinski definition) is 30. The number of hydrogen-bond donors (Lipinski definition) is 18. The van der Waals surface area contributed by atoms with E-state index in [-0.39, 0.29) is 0 Å². The van der Waals surface area contributed by atoms with Crippen LogP contribution in [-0.2, 0) is 66.4 Å². The highest BCUT2D eigenvalue weighted by Crippen LogP contribution is 2.38. The second-order valence-corrected chi connectivity index (χ2v) is 18.4. The molecular weight excluding hydrogens is 1000 g/mol. The van der Waals surface area contributed by atoms with Gasteiger partial charge in [-0.2, -0.15) is 0 Å². The Labute approximate surface area is 415 Å².